The predicted octanol–water partition coefficient (Wildman–Crippen LogP) is 6.20. The summed E-state index contributed by atoms with van der Waals surface area (Å²) in [6.45, 7) is 18.0. The zero-order chi connectivity index (χ0) is 33.8. The van der Waals surface area contributed by atoms with Crippen LogP contribution in [0.5, 0.6) is 0 Å². The second kappa shape index (κ2) is 28.1. The predicted molar refractivity (Wildman–Crippen MR) is 189 cm³/mol. The Kier molecular flexibility index (Phi) is 25.6. The molecule has 6 aromatic carbocycles. The fraction of sp³-hybridized carbons (Fsp3) is 0. The van der Waals surface area contributed by atoms with E-state index in [0.29, 0.717) is 0 Å². The molecule has 0 bridgehead atoms. The van der Waals surface area contributed by atoms with E-state index >= 15 is 0 Å². The quantitative estimate of drug-likeness (QED) is 0.109. The minimum atomic E-state index is -0.877. The van der Waals surface area contributed by atoms with E-state index in [1.807, 2.05) is 0 Å². The van der Waals surface area contributed by atoms with Gasteiger partial charge in [-0.15, -0.1) is 0 Å². The van der Waals surface area contributed by atoms with Gasteiger partial charge in [-0.2, -0.15) is 0 Å². The van der Waals surface area contributed by atoms with E-state index in [-0.39, 0.29) is 21.1 Å². The van der Waals surface area contributed by atoms with Gasteiger partial charge in [-0.25, -0.2) is 0 Å². The molecule has 0 aromatic heterocycles. The first-order valence-electron chi connectivity index (χ1n) is 13.8. The Morgan fingerprint density at radius 2 is 0.340 bits per heavy atom. The minimum absolute atomic E-state index is 0. The maximum Gasteiger partial charge on any atom is 0.102 e. The van der Waals surface area contributed by atoms with Gasteiger partial charge in [0.15, 0.2) is 0 Å². The van der Waals surface area contributed by atoms with Gasteiger partial charge in [-0.05, 0) is 72.8 Å². The molecule has 0 saturated carbocycles. The summed E-state index contributed by atoms with van der Waals surface area (Å²) in [7, 11) is -1.75. The molecule has 0 heterocycles. The van der Waals surface area contributed by atoms with Crippen molar-refractivity contribution in [1.29, 1.82) is 0 Å². The topological polar surface area (TPSA) is 79.6 Å². The minimum Gasteiger partial charge on any atom is -0.0620 e. The zero-order valence-electron chi connectivity index (χ0n) is 25.4. The van der Waals surface area contributed by atoms with E-state index in [0.717, 1.165) is 0 Å². The Balaban J connectivity index is 0.000000731. The fourth-order valence-electron chi connectivity index (χ4n) is 4.63. The molecule has 6 aromatic rings. The summed E-state index contributed by atoms with van der Waals surface area (Å²) >= 11 is 0. The molecule has 4 nitrogen and oxygen atoms in total. The van der Waals surface area contributed by atoms with Crippen molar-refractivity contribution in [2.24, 2.45) is 0 Å². The third kappa shape index (κ3) is 14.4. The van der Waals surface area contributed by atoms with Gasteiger partial charge in [0.05, 0.1) is 15.8 Å². The van der Waals surface area contributed by atoms with Crippen molar-refractivity contribution >= 4 is 47.7 Å². The number of hydrogen-bond donors (Lipinski definition) is 0. The average molecular weight is 822 g/mol. The third-order valence-corrected chi connectivity index (χ3v) is 11.8. The van der Waals surface area contributed by atoms with Crippen molar-refractivity contribution in [3.8, 4) is 0 Å². The van der Waals surface area contributed by atoms with Gasteiger partial charge in [-0.3, -0.25) is 0 Å². The molecule has 0 aliphatic rings. The van der Waals surface area contributed by atoms with E-state index in [1.54, 1.807) is 0 Å². The summed E-state index contributed by atoms with van der Waals surface area (Å²) in [5.41, 5.74) is 0. The van der Waals surface area contributed by atoms with Crippen LogP contribution in [0.2, 0.25) is 0 Å². The van der Waals surface area contributed by atoms with Gasteiger partial charge in [-0.1, -0.05) is 109 Å². The molecule has 6 rings (SSSR count). The van der Waals surface area contributed by atoms with E-state index in [4.69, 9.17) is 18.6 Å². The van der Waals surface area contributed by atoms with Crippen LogP contribution < -0.4 is 31.8 Å². The van der Waals surface area contributed by atoms with Crippen LogP contribution in [0.3, 0.4) is 0 Å². The maximum atomic E-state index is 7.50. The van der Waals surface area contributed by atoms with Crippen LogP contribution in [0.4, 0.5) is 0 Å². The van der Waals surface area contributed by atoms with Crippen molar-refractivity contribution in [3.63, 3.8) is 0 Å². The maximum absolute atomic E-state index is 7.50. The number of benzene rings is 6. The molecule has 230 valence electrons. The van der Waals surface area contributed by atoms with Crippen molar-refractivity contribution < 1.29 is 39.7 Å². The summed E-state index contributed by atoms with van der Waals surface area (Å²) in [6.07, 6.45) is 0. The van der Waals surface area contributed by atoms with Crippen LogP contribution in [-0.4, -0.2) is 0 Å². The molecule has 0 aliphatic carbocycles. The van der Waals surface area contributed by atoms with Crippen molar-refractivity contribution in [2.75, 3.05) is 0 Å². The second-order valence-corrected chi connectivity index (χ2v) is 13.9. The smallest absolute Gasteiger partial charge is 0.0620 e. The van der Waals surface area contributed by atoms with Gasteiger partial charge >= 0.3 is 45.2 Å². The number of rotatable bonds is 6. The van der Waals surface area contributed by atoms with Gasteiger partial charge in [0, 0.05) is 21.1 Å². The molecule has 0 saturated heterocycles. The van der Waals surface area contributed by atoms with Crippen LogP contribution >= 0.6 is 15.8 Å². The molecule has 7 heteroatoms. The normalized spacial score (nSPS) is 8.72. The molecule has 0 fully saturated rings. The first kappa shape index (κ1) is 42.8. The van der Waals surface area contributed by atoms with E-state index in [2.05, 4.69) is 209 Å². The summed E-state index contributed by atoms with van der Waals surface area (Å²) < 4.78 is 30.0. The summed E-state index contributed by atoms with van der Waals surface area (Å²) in [4.78, 5) is 0. The largest absolute Gasteiger partial charge is 0.102 e. The van der Waals surface area contributed by atoms with Gasteiger partial charge < -0.3 is 0 Å². The molecular weight excluding hydrogens is 790 g/mol. The van der Waals surface area contributed by atoms with Crippen LogP contribution in [0.25, 0.3) is 0 Å². The van der Waals surface area contributed by atoms with Crippen molar-refractivity contribution in [2.45, 2.75) is 0 Å². The zero-order valence-corrected chi connectivity index (χ0v) is 30.3. The average Bonchev–Trinajstić information content (AvgIpc) is 3.18. The Labute approximate surface area is 294 Å². The third-order valence-electron chi connectivity index (χ3n) is 6.37. The first-order chi connectivity index (χ1) is 22.9. The molecular formula is C40H32O4P2W+2. The molecule has 0 N–H and O–H groups in total. The van der Waals surface area contributed by atoms with Crippen molar-refractivity contribution in [3.05, 3.63) is 209 Å². The molecule has 0 amide bonds. The van der Waals surface area contributed by atoms with Crippen LogP contribution in [0.1, 0.15) is 0 Å². The van der Waals surface area contributed by atoms with E-state index in [1.165, 1.54) is 31.8 Å². The van der Waals surface area contributed by atoms with Crippen molar-refractivity contribution in [1.82, 2.24) is 0 Å². The van der Waals surface area contributed by atoms with Gasteiger partial charge in [0.1, 0.15) is 31.8 Å². The molecule has 47 heavy (non-hydrogen) atoms. The first-order valence-corrected chi connectivity index (χ1v) is 16.8. The monoisotopic (exact) mass is 822 g/mol. The Morgan fingerprint density at radius 3 is 0.447 bits per heavy atom. The Bertz CT molecular complexity index is 1350. The second-order valence-electron chi connectivity index (χ2n) is 8.95. The summed E-state index contributed by atoms with van der Waals surface area (Å²) in [6, 6.07) is 65.0. The number of hydrogen-bond acceptors (Lipinski definition) is 0. The van der Waals surface area contributed by atoms with E-state index in [9.17, 15) is 0 Å². The standard InChI is InChI=1S/2C18H15P.4CO.W/c2*1-4-10-16(11-5-1)19(17-12-6-2-7-13-17)18-14-8-3-9-15-18;4*1-2;/h2*1-15H;;;;;/p+2. The van der Waals surface area contributed by atoms with Gasteiger partial charge in [0.2, 0.25) is 0 Å². The molecule has 0 unspecified atom stereocenters. The van der Waals surface area contributed by atoms with Gasteiger partial charge in [0.25, 0.3) is 0 Å². The van der Waals surface area contributed by atoms with Crippen LogP contribution in [0.15, 0.2) is 182 Å². The fourth-order valence-corrected chi connectivity index (χ4v) is 9.78. The Morgan fingerprint density at radius 1 is 0.234 bits per heavy atom. The molecule has 0 spiro atoms. The Hall–Kier alpha value is -4.17. The van der Waals surface area contributed by atoms with Crippen LogP contribution in [-0.2, 0) is 39.7 Å². The van der Waals surface area contributed by atoms with E-state index < -0.39 is 15.8 Å². The molecule has 0 radical (unpaired) electrons. The van der Waals surface area contributed by atoms with Crippen LogP contribution in [0, 0.1) is 26.6 Å². The molecule has 0 aliphatic heterocycles. The summed E-state index contributed by atoms with van der Waals surface area (Å²) in [5.74, 6) is 0. The SMILES string of the molecule is [C-]#[O+].[C-]#[O+].[C-]#[O+].[C-]#[O+].[W].c1ccc([PH+](c2ccccc2)c2ccccc2)cc1.c1ccc([PH+](c2ccccc2)c2ccccc2)cc1. The molecule has 0 atom stereocenters. The summed E-state index contributed by atoms with van der Waals surface area (Å²) in [5, 5.41) is 8.61.